The Kier molecular flexibility index (Phi) is 5.14. The maximum absolute atomic E-state index is 13.2. The van der Waals surface area contributed by atoms with E-state index in [1.165, 1.54) is 0 Å². The molecule has 4 aromatic rings. The lowest BCUT2D eigenvalue weighted by Crippen LogP contribution is -2.41. The second-order valence-corrected chi connectivity index (χ2v) is 7.40. The predicted octanol–water partition coefficient (Wildman–Crippen LogP) is 4.23. The van der Waals surface area contributed by atoms with Crippen LogP contribution in [-0.2, 0) is 24.4 Å². The number of fused-ring (bicyclic) bond motifs is 1. The summed E-state index contributed by atoms with van der Waals surface area (Å²) in [5.41, 5.74) is 4.46. The maximum Gasteiger partial charge on any atom is 0.411 e. The van der Waals surface area contributed by atoms with Gasteiger partial charge in [0.25, 0.3) is 0 Å². The fourth-order valence-electron chi connectivity index (χ4n) is 3.85. The number of pyridine rings is 1. The first-order valence-electron chi connectivity index (χ1n) is 10.1. The highest BCUT2D eigenvalue weighted by atomic mass is 16.6. The smallest absolute Gasteiger partial charge is 0.411 e. The normalized spacial score (nSPS) is 15.4. The minimum Gasteiger partial charge on any atom is -0.445 e. The molecule has 1 atom stereocenters. The van der Waals surface area contributed by atoms with Gasteiger partial charge in [-0.15, -0.1) is 5.10 Å². The summed E-state index contributed by atoms with van der Waals surface area (Å²) in [6.07, 6.45) is 3.12. The van der Waals surface area contributed by atoms with E-state index in [0.717, 1.165) is 28.1 Å². The van der Waals surface area contributed by atoms with Crippen LogP contribution < -0.4 is 0 Å². The quantitative estimate of drug-likeness (QED) is 0.502. The zero-order chi connectivity index (χ0) is 21.0. The summed E-state index contributed by atoms with van der Waals surface area (Å²) < 4.78 is 7.56. The van der Waals surface area contributed by atoms with Gasteiger partial charge in [-0.1, -0.05) is 65.9 Å². The number of benzene rings is 2. The molecule has 1 aliphatic rings. The van der Waals surface area contributed by atoms with Gasteiger partial charge in [0, 0.05) is 18.0 Å². The molecule has 7 nitrogen and oxygen atoms in total. The Hall–Kier alpha value is -4.00. The van der Waals surface area contributed by atoms with Crippen LogP contribution in [-0.4, -0.2) is 31.0 Å². The third-order valence-electron chi connectivity index (χ3n) is 5.44. The average Bonchev–Trinajstić information content (AvgIpc) is 3.26. The molecule has 3 heterocycles. The SMILES string of the molecule is O=C(OCc1ccccc1)N1Cc2c(-c3cccnc3)nnn2C[C@@H]1c1ccccc1. The van der Waals surface area contributed by atoms with Gasteiger partial charge in [0.1, 0.15) is 12.3 Å². The Morgan fingerprint density at radius 2 is 1.77 bits per heavy atom. The van der Waals surface area contributed by atoms with Crippen molar-refractivity contribution in [1.82, 2.24) is 24.9 Å². The minimum absolute atomic E-state index is 0.194. The summed E-state index contributed by atoms with van der Waals surface area (Å²) >= 11 is 0. The number of hydrogen-bond acceptors (Lipinski definition) is 5. The molecule has 2 aromatic carbocycles. The standard InChI is InChI=1S/C24H21N5O2/c30-24(31-17-18-8-3-1-4-9-18)28-15-22-23(20-12-7-13-25-14-20)26-27-29(22)16-21(28)19-10-5-2-6-11-19/h1-14,21H,15-17H2/t21-/m1/s1. The first-order chi connectivity index (χ1) is 15.3. The van der Waals surface area contributed by atoms with Gasteiger partial charge >= 0.3 is 6.09 Å². The number of ether oxygens (including phenoxy) is 1. The van der Waals surface area contributed by atoms with Crippen LogP contribution in [0, 0.1) is 0 Å². The van der Waals surface area contributed by atoms with Crippen LogP contribution in [0.2, 0.25) is 0 Å². The van der Waals surface area contributed by atoms with E-state index >= 15 is 0 Å². The molecule has 0 aliphatic carbocycles. The molecule has 0 fully saturated rings. The van der Waals surface area contributed by atoms with Gasteiger partial charge in [0.05, 0.1) is 24.8 Å². The monoisotopic (exact) mass is 411 g/mol. The fourth-order valence-corrected chi connectivity index (χ4v) is 3.85. The van der Waals surface area contributed by atoms with Gasteiger partial charge in [-0.25, -0.2) is 9.48 Å². The van der Waals surface area contributed by atoms with Crippen LogP contribution in [0.15, 0.2) is 85.2 Å². The molecule has 0 unspecified atom stereocenters. The van der Waals surface area contributed by atoms with E-state index in [1.54, 1.807) is 17.3 Å². The zero-order valence-corrected chi connectivity index (χ0v) is 16.8. The van der Waals surface area contributed by atoms with Crippen LogP contribution in [0.5, 0.6) is 0 Å². The first kappa shape index (κ1) is 19.0. The number of carbonyl (C=O) groups excluding carboxylic acids is 1. The van der Waals surface area contributed by atoms with E-state index in [4.69, 9.17) is 4.74 Å². The van der Waals surface area contributed by atoms with Crippen molar-refractivity contribution in [2.45, 2.75) is 25.7 Å². The number of rotatable bonds is 4. The largest absolute Gasteiger partial charge is 0.445 e. The lowest BCUT2D eigenvalue weighted by Gasteiger charge is -2.35. The molecule has 0 spiro atoms. The van der Waals surface area contributed by atoms with Crippen molar-refractivity contribution in [3.8, 4) is 11.3 Å². The predicted molar refractivity (Wildman–Crippen MR) is 115 cm³/mol. The molecule has 31 heavy (non-hydrogen) atoms. The molecule has 1 amide bonds. The van der Waals surface area contributed by atoms with Crippen molar-refractivity contribution < 1.29 is 9.53 Å². The number of carbonyl (C=O) groups is 1. The second kappa shape index (κ2) is 8.39. The van der Waals surface area contributed by atoms with Crippen LogP contribution in [0.1, 0.15) is 22.9 Å². The van der Waals surface area contributed by atoms with Crippen LogP contribution in [0.3, 0.4) is 0 Å². The molecular formula is C24H21N5O2. The Bertz CT molecular complexity index is 1160. The summed E-state index contributed by atoms with van der Waals surface area (Å²) in [5.74, 6) is 0. The highest BCUT2D eigenvalue weighted by Gasteiger charge is 2.35. The van der Waals surface area contributed by atoms with Gasteiger partial charge in [-0.3, -0.25) is 9.88 Å². The molecule has 154 valence electrons. The summed E-state index contributed by atoms with van der Waals surface area (Å²) in [6, 6.07) is 23.3. The first-order valence-corrected chi connectivity index (χ1v) is 10.1. The summed E-state index contributed by atoms with van der Waals surface area (Å²) in [6.45, 7) is 1.09. The van der Waals surface area contributed by atoms with E-state index in [1.807, 2.05) is 77.5 Å². The van der Waals surface area contributed by atoms with Crippen LogP contribution in [0.25, 0.3) is 11.3 Å². The average molecular weight is 411 g/mol. The van der Waals surface area contributed by atoms with Crippen LogP contribution >= 0.6 is 0 Å². The summed E-state index contributed by atoms with van der Waals surface area (Å²) in [7, 11) is 0. The second-order valence-electron chi connectivity index (χ2n) is 7.40. The van der Waals surface area contributed by atoms with E-state index in [0.29, 0.717) is 13.1 Å². The van der Waals surface area contributed by atoms with Gasteiger partial charge in [-0.2, -0.15) is 0 Å². The third kappa shape index (κ3) is 3.90. The Labute approximate surface area is 179 Å². The van der Waals surface area contributed by atoms with Crippen LogP contribution in [0.4, 0.5) is 4.79 Å². The third-order valence-corrected chi connectivity index (χ3v) is 5.44. The lowest BCUT2D eigenvalue weighted by atomic mass is 10.0. The minimum atomic E-state index is -0.359. The number of hydrogen-bond donors (Lipinski definition) is 0. The molecule has 0 N–H and O–H groups in total. The van der Waals surface area contributed by atoms with Gasteiger partial charge in [0.2, 0.25) is 0 Å². The molecule has 0 saturated heterocycles. The topological polar surface area (TPSA) is 73.1 Å². The van der Waals surface area contributed by atoms with Crippen molar-refractivity contribution in [3.63, 3.8) is 0 Å². The Morgan fingerprint density at radius 1 is 1.00 bits per heavy atom. The van der Waals surface area contributed by atoms with E-state index < -0.39 is 0 Å². The molecule has 0 saturated carbocycles. The van der Waals surface area contributed by atoms with Crippen molar-refractivity contribution in [2.24, 2.45) is 0 Å². The number of aromatic nitrogens is 4. The van der Waals surface area contributed by atoms with Crippen molar-refractivity contribution in [3.05, 3.63) is 102 Å². The number of amides is 1. The molecule has 1 aliphatic heterocycles. The van der Waals surface area contributed by atoms with Crippen molar-refractivity contribution in [1.29, 1.82) is 0 Å². The van der Waals surface area contributed by atoms with Gasteiger partial charge in [-0.05, 0) is 23.3 Å². The lowest BCUT2D eigenvalue weighted by molar-refractivity contribution is 0.0623. The summed E-state index contributed by atoms with van der Waals surface area (Å²) in [4.78, 5) is 19.1. The zero-order valence-electron chi connectivity index (χ0n) is 16.8. The molecule has 0 bridgehead atoms. The molecule has 0 radical (unpaired) electrons. The number of nitrogens with zero attached hydrogens (tertiary/aromatic N) is 5. The summed E-state index contributed by atoms with van der Waals surface area (Å²) in [5, 5.41) is 8.73. The fraction of sp³-hybridized carbons (Fsp3) is 0.167. The molecule has 5 rings (SSSR count). The molecule has 7 heteroatoms. The highest BCUT2D eigenvalue weighted by Crippen LogP contribution is 2.33. The van der Waals surface area contributed by atoms with E-state index in [2.05, 4.69) is 15.3 Å². The van der Waals surface area contributed by atoms with E-state index in [9.17, 15) is 4.79 Å². The molecular weight excluding hydrogens is 390 g/mol. The van der Waals surface area contributed by atoms with Crippen molar-refractivity contribution in [2.75, 3.05) is 0 Å². The highest BCUT2D eigenvalue weighted by molar-refractivity contribution is 5.70. The van der Waals surface area contributed by atoms with E-state index in [-0.39, 0.29) is 18.7 Å². The Morgan fingerprint density at radius 3 is 2.52 bits per heavy atom. The Balaban J connectivity index is 1.46. The van der Waals surface area contributed by atoms with Gasteiger partial charge in [0.15, 0.2) is 0 Å². The maximum atomic E-state index is 13.2. The van der Waals surface area contributed by atoms with Gasteiger partial charge < -0.3 is 4.74 Å². The van der Waals surface area contributed by atoms with Crippen molar-refractivity contribution >= 4 is 6.09 Å². The molecule has 2 aromatic heterocycles.